The van der Waals surface area contributed by atoms with Crippen LogP contribution >= 0.6 is 11.6 Å². The molecule has 1 aliphatic heterocycles. The zero-order valence-corrected chi connectivity index (χ0v) is 12.5. The second-order valence-electron chi connectivity index (χ2n) is 5.20. The van der Waals surface area contributed by atoms with Crippen LogP contribution in [0.15, 0.2) is 48.5 Å². The molecule has 1 aliphatic rings. The highest BCUT2D eigenvalue weighted by Crippen LogP contribution is 2.36. The molecule has 3 rings (SSSR count). The van der Waals surface area contributed by atoms with E-state index < -0.39 is 5.79 Å². The number of hydrogen-bond acceptors (Lipinski definition) is 3. The van der Waals surface area contributed by atoms with Crippen LogP contribution in [0.5, 0.6) is 0 Å². The standard InChI is InChI=1S/C17H18ClNO2/c18-15-6-4-14(5-7-15)17(20-10-11-21-17)9-8-13-2-1-3-16(19)12-13/h1-7,12H,8-11,19H2. The molecule has 0 unspecified atom stereocenters. The lowest BCUT2D eigenvalue weighted by molar-refractivity contribution is -0.170. The summed E-state index contributed by atoms with van der Waals surface area (Å²) in [7, 11) is 0. The number of nitrogen functional groups attached to an aromatic ring is 1. The van der Waals surface area contributed by atoms with Crippen LogP contribution in [0.3, 0.4) is 0 Å². The quantitative estimate of drug-likeness (QED) is 0.875. The number of aryl methyl sites for hydroxylation is 1. The molecule has 0 radical (unpaired) electrons. The molecule has 0 aromatic heterocycles. The van der Waals surface area contributed by atoms with Gasteiger partial charge in [-0.15, -0.1) is 0 Å². The highest BCUT2D eigenvalue weighted by molar-refractivity contribution is 6.30. The minimum Gasteiger partial charge on any atom is -0.399 e. The predicted octanol–water partition coefficient (Wildman–Crippen LogP) is 3.75. The first-order valence-corrected chi connectivity index (χ1v) is 7.44. The fourth-order valence-corrected chi connectivity index (χ4v) is 2.80. The molecule has 0 amide bonds. The molecule has 1 fully saturated rings. The van der Waals surface area contributed by atoms with Gasteiger partial charge in [-0.1, -0.05) is 35.9 Å². The molecule has 0 bridgehead atoms. The number of nitrogens with two attached hydrogens (primary N) is 1. The van der Waals surface area contributed by atoms with Crippen molar-refractivity contribution >= 4 is 17.3 Å². The van der Waals surface area contributed by atoms with Crippen molar-refractivity contribution in [2.24, 2.45) is 0 Å². The van der Waals surface area contributed by atoms with Gasteiger partial charge in [0.1, 0.15) is 0 Å². The van der Waals surface area contributed by atoms with Crippen molar-refractivity contribution in [2.75, 3.05) is 18.9 Å². The number of halogens is 1. The van der Waals surface area contributed by atoms with E-state index in [-0.39, 0.29) is 0 Å². The number of hydrogen-bond donors (Lipinski definition) is 1. The molecule has 2 N–H and O–H groups in total. The van der Waals surface area contributed by atoms with E-state index in [1.807, 2.05) is 42.5 Å². The molecule has 1 saturated heterocycles. The summed E-state index contributed by atoms with van der Waals surface area (Å²) < 4.78 is 11.8. The maximum Gasteiger partial charge on any atom is 0.195 e. The predicted molar refractivity (Wildman–Crippen MR) is 84.2 cm³/mol. The molecule has 21 heavy (non-hydrogen) atoms. The Hall–Kier alpha value is -1.55. The molecule has 1 heterocycles. The Bertz CT molecular complexity index is 606. The van der Waals surface area contributed by atoms with E-state index in [1.54, 1.807) is 0 Å². The fourth-order valence-electron chi connectivity index (χ4n) is 2.67. The summed E-state index contributed by atoms with van der Waals surface area (Å²) in [5.41, 5.74) is 8.80. The van der Waals surface area contributed by atoms with Crippen molar-refractivity contribution in [3.63, 3.8) is 0 Å². The first kappa shape index (κ1) is 14.4. The van der Waals surface area contributed by atoms with Crippen LogP contribution in [-0.2, 0) is 21.7 Å². The van der Waals surface area contributed by atoms with Gasteiger partial charge in [-0.2, -0.15) is 0 Å². The number of anilines is 1. The topological polar surface area (TPSA) is 44.5 Å². The van der Waals surface area contributed by atoms with E-state index >= 15 is 0 Å². The smallest absolute Gasteiger partial charge is 0.195 e. The van der Waals surface area contributed by atoms with Crippen LogP contribution in [-0.4, -0.2) is 13.2 Å². The van der Waals surface area contributed by atoms with E-state index in [9.17, 15) is 0 Å². The third kappa shape index (κ3) is 3.21. The van der Waals surface area contributed by atoms with Gasteiger partial charge >= 0.3 is 0 Å². The Morgan fingerprint density at radius 3 is 2.43 bits per heavy atom. The zero-order valence-electron chi connectivity index (χ0n) is 11.7. The molecule has 0 aliphatic carbocycles. The second-order valence-corrected chi connectivity index (χ2v) is 5.64. The van der Waals surface area contributed by atoms with Crippen molar-refractivity contribution in [2.45, 2.75) is 18.6 Å². The van der Waals surface area contributed by atoms with Crippen LogP contribution in [0.4, 0.5) is 5.69 Å². The lowest BCUT2D eigenvalue weighted by Crippen LogP contribution is -2.27. The minimum atomic E-state index is -0.671. The number of rotatable bonds is 4. The third-order valence-electron chi connectivity index (χ3n) is 3.73. The highest BCUT2D eigenvalue weighted by Gasteiger charge is 2.38. The average Bonchev–Trinajstić information content (AvgIpc) is 2.96. The molecular weight excluding hydrogens is 286 g/mol. The molecule has 4 heteroatoms. The van der Waals surface area contributed by atoms with Gasteiger partial charge in [-0.25, -0.2) is 0 Å². The Morgan fingerprint density at radius 2 is 1.76 bits per heavy atom. The largest absolute Gasteiger partial charge is 0.399 e. The van der Waals surface area contributed by atoms with Gasteiger partial charge in [-0.05, 0) is 36.2 Å². The van der Waals surface area contributed by atoms with Gasteiger partial charge in [0.05, 0.1) is 13.2 Å². The van der Waals surface area contributed by atoms with Crippen LogP contribution in [0.2, 0.25) is 5.02 Å². The summed E-state index contributed by atoms with van der Waals surface area (Å²) >= 11 is 5.96. The maximum absolute atomic E-state index is 5.96. The Labute approximate surface area is 129 Å². The van der Waals surface area contributed by atoms with Gasteiger partial charge in [0, 0.05) is 22.7 Å². The van der Waals surface area contributed by atoms with Crippen LogP contribution < -0.4 is 5.73 Å². The fraction of sp³-hybridized carbons (Fsp3) is 0.294. The van der Waals surface area contributed by atoms with Crippen molar-refractivity contribution in [3.05, 3.63) is 64.7 Å². The molecule has 0 saturated carbocycles. The summed E-state index contributed by atoms with van der Waals surface area (Å²) in [6.07, 6.45) is 1.59. The normalized spacial score (nSPS) is 17.0. The average molecular weight is 304 g/mol. The van der Waals surface area contributed by atoms with Crippen molar-refractivity contribution < 1.29 is 9.47 Å². The Balaban J connectivity index is 1.80. The number of benzene rings is 2. The first-order chi connectivity index (χ1) is 10.2. The van der Waals surface area contributed by atoms with E-state index in [4.69, 9.17) is 26.8 Å². The molecule has 0 spiro atoms. The Kier molecular flexibility index (Phi) is 4.15. The molecule has 110 valence electrons. The lowest BCUT2D eigenvalue weighted by Gasteiger charge is -2.28. The molecule has 0 atom stereocenters. The summed E-state index contributed by atoms with van der Waals surface area (Å²) in [4.78, 5) is 0. The number of ether oxygens (including phenoxy) is 2. The second kappa shape index (κ2) is 6.06. The van der Waals surface area contributed by atoms with E-state index in [1.165, 1.54) is 5.56 Å². The summed E-state index contributed by atoms with van der Waals surface area (Å²) in [6.45, 7) is 1.22. The SMILES string of the molecule is Nc1cccc(CCC2(c3ccc(Cl)cc3)OCCO2)c1. The minimum absolute atomic E-state index is 0.611. The van der Waals surface area contributed by atoms with Crippen LogP contribution in [0, 0.1) is 0 Å². The first-order valence-electron chi connectivity index (χ1n) is 7.06. The summed E-state index contributed by atoms with van der Waals surface area (Å²) in [5, 5.41) is 0.711. The summed E-state index contributed by atoms with van der Waals surface area (Å²) in [5.74, 6) is -0.671. The molecule has 2 aromatic carbocycles. The zero-order chi connectivity index (χ0) is 14.7. The van der Waals surface area contributed by atoms with Crippen molar-refractivity contribution in [3.8, 4) is 0 Å². The van der Waals surface area contributed by atoms with Gasteiger partial charge in [0.2, 0.25) is 0 Å². The lowest BCUT2D eigenvalue weighted by atomic mass is 9.97. The maximum atomic E-state index is 5.96. The molecule has 2 aromatic rings. The van der Waals surface area contributed by atoms with Crippen molar-refractivity contribution in [1.82, 2.24) is 0 Å². The summed E-state index contributed by atoms with van der Waals surface area (Å²) in [6, 6.07) is 15.6. The monoisotopic (exact) mass is 303 g/mol. The molecular formula is C17H18ClNO2. The van der Waals surface area contributed by atoms with Gasteiger partial charge in [0.15, 0.2) is 5.79 Å². The van der Waals surface area contributed by atoms with E-state index in [0.717, 1.165) is 24.1 Å². The van der Waals surface area contributed by atoms with E-state index in [0.29, 0.717) is 18.2 Å². The van der Waals surface area contributed by atoms with Crippen molar-refractivity contribution in [1.29, 1.82) is 0 Å². The van der Waals surface area contributed by atoms with Crippen LogP contribution in [0.1, 0.15) is 17.5 Å². The third-order valence-corrected chi connectivity index (χ3v) is 3.98. The Morgan fingerprint density at radius 1 is 1.05 bits per heavy atom. The van der Waals surface area contributed by atoms with Gasteiger partial charge in [0.25, 0.3) is 0 Å². The highest BCUT2D eigenvalue weighted by atomic mass is 35.5. The van der Waals surface area contributed by atoms with Gasteiger partial charge in [-0.3, -0.25) is 0 Å². The van der Waals surface area contributed by atoms with E-state index in [2.05, 4.69) is 6.07 Å². The van der Waals surface area contributed by atoms with Crippen LogP contribution in [0.25, 0.3) is 0 Å². The van der Waals surface area contributed by atoms with Gasteiger partial charge < -0.3 is 15.2 Å². The molecule has 3 nitrogen and oxygen atoms in total.